The zero-order valence-electron chi connectivity index (χ0n) is 11.3. The van der Waals surface area contributed by atoms with Crippen molar-refractivity contribution < 1.29 is 4.39 Å². The monoisotopic (exact) mass is 250 g/mol. The summed E-state index contributed by atoms with van der Waals surface area (Å²) in [6, 6.07) is 4.99. The lowest BCUT2D eigenvalue weighted by Crippen LogP contribution is -2.34. The molecule has 1 aromatic rings. The van der Waals surface area contributed by atoms with Crippen molar-refractivity contribution in [2.45, 2.75) is 33.2 Å². The number of rotatable bonds is 3. The van der Waals surface area contributed by atoms with Crippen molar-refractivity contribution in [3.8, 4) is 0 Å². The summed E-state index contributed by atoms with van der Waals surface area (Å²) in [7, 11) is 0. The molecule has 1 aliphatic rings. The molecule has 0 radical (unpaired) electrons. The lowest BCUT2D eigenvalue weighted by molar-refractivity contribution is 0.150. The minimum absolute atomic E-state index is 0.180. The first kappa shape index (κ1) is 13.3. The lowest BCUT2D eigenvalue weighted by atomic mass is 9.86. The molecular weight excluding hydrogens is 227 g/mol. The van der Waals surface area contributed by atoms with E-state index in [-0.39, 0.29) is 5.82 Å². The normalized spacial score (nSPS) is 18.4. The first-order valence-corrected chi connectivity index (χ1v) is 6.82. The van der Waals surface area contributed by atoms with Crippen molar-refractivity contribution in [1.82, 2.24) is 4.90 Å². The van der Waals surface area contributed by atoms with Gasteiger partial charge in [-0.2, -0.15) is 0 Å². The number of likely N-dealkylation sites (tertiary alicyclic amines) is 1. The summed E-state index contributed by atoms with van der Waals surface area (Å²) >= 11 is 0. The maximum absolute atomic E-state index is 13.7. The van der Waals surface area contributed by atoms with Gasteiger partial charge in [0.1, 0.15) is 5.82 Å². The molecule has 2 N–H and O–H groups in total. The summed E-state index contributed by atoms with van der Waals surface area (Å²) in [5.41, 5.74) is 6.81. The van der Waals surface area contributed by atoms with Crippen LogP contribution in [0.3, 0.4) is 0 Å². The van der Waals surface area contributed by atoms with Gasteiger partial charge in [-0.15, -0.1) is 0 Å². The Labute approximate surface area is 109 Å². The van der Waals surface area contributed by atoms with E-state index in [1.165, 1.54) is 18.9 Å². The van der Waals surface area contributed by atoms with Crippen LogP contribution in [0.2, 0.25) is 0 Å². The van der Waals surface area contributed by atoms with Crippen molar-refractivity contribution in [2.24, 2.45) is 11.8 Å². The van der Waals surface area contributed by atoms with Gasteiger partial charge in [0, 0.05) is 17.8 Å². The first-order valence-electron chi connectivity index (χ1n) is 6.82. The predicted molar refractivity (Wildman–Crippen MR) is 73.7 cm³/mol. The number of halogens is 1. The second-order valence-corrected chi connectivity index (χ2v) is 5.71. The smallest absolute Gasteiger partial charge is 0.129 e. The van der Waals surface area contributed by atoms with Gasteiger partial charge in [-0.25, -0.2) is 4.39 Å². The highest BCUT2D eigenvalue weighted by molar-refractivity contribution is 5.40. The van der Waals surface area contributed by atoms with E-state index in [1.54, 1.807) is 12.1 Å². The number of nitrogens with two attached hydrogens (primary N) is 1. The highest BCUT2D eigenvalue weighted by Crippen LogP contribution is 2.25. The molecule has 0 bridgehead atoms. The largest absolute Gasteiger partial charge is 0.399 e. The van der Waals surface area contributed by atoms with Crippen LogP contribution in [-0.2, 0) is 6.54 Å². The van der Waals surface area contributed by atoms with Crippen LogP contribution in [0.25, 0.3) is 0 Å². The van der Waals surface area contributed by atoms with Crippen LogP contribution in [0.4, 0.5) is 10.1 Å². The number of benzene rings is 1. The number of hydrogen-bond donors (Lipinski definition) is 1. The van der Waals surface area contributed by atoms with Crippen molar-refractivity contribution >= 4 is 5.69 Å². The molecule has 1 aliphatic heterocycles. The van der Waals surface area contributed by atoms with Crippen LogP contribution >= 0.6 is 0 Å². The summed E-state index contributed by atoms with van der Waals surface area (Å²) in [5, 5.41) is 0. The molecule has 2 nitrogen and oxygen atoms in total. The number of piperidine rings is 1. The Morgan fingerprint density at radius 2 is 2.00 bits per heavy atom. The minimum atomic E-state index is -0.180. The summed E-state index contributed by atoms with van der Waals surface area (Å²) in [6.45, 7) is 7.44. The molecule has 0 spiro atoms. The van der Waals surface area contributed by atoms with Gasteiger partial charge in [0.2, 0.25) is 0 Å². The maximum atomic E-state index is 13.7. The zero-order chi connectivity index (χ0) is 13.1. The fourth-order valence-electron chi connectivity index (χ4n) is 2.71. The van der Waals surface area contributed by atoms with Crippen LogP contribution in [-0.4, -0.2) is 18.0 Å². The van der Waals surface area contributed by atoms with Crippen LogP contribution in [0.1, 0.15) is 32.3 Å². The molecule has 0 aliphatic carbocycles. The Morgan fingerprint density at radius 1 is 1.33 bits per heavy atom. The van der Waals surface area contributed by atoms with E-state index in [4.69, 9.17) is 5.73 Å². The lowest BCUT2D eigenvalue weighted by Gasteiger charge is -2.33. The third kappa shape index (κ3) is 3.22. The number of anilines is 1. The molecule has 0 atom stereocenters. The molecule has 0 unspecified atom stereocenters. The summed E-state index contributed by atoms with van der Waals surface area (Å²) < 4.78 is 13.7. The van der Waals surface area contributed by atoms with Crippen molar-refractivity contribution in [3.05, 3.63) is 29.6 Å². The van der Waals surface area contributed by atoms with Crippen LogP contribution in [0, 0.1) is 17.7 Å². The van der Waals surface area contributed by atoms with Crippen molar-refractivity contribution in [1.29, 1.82) is 0 Å². The number of hydrogen-bond acceptors (Lipinski definition) is 2. The fourth-order valence-corrected chi connectivity index (χ4v) is 2.71. The second-order valence-electron chi connectivity index (χ2n) is 5.71. The molecule has 18 heavy (non-hydrogen) atoms. The summed E-state index contributed by atoms with van der Waals surface area (Å²) in [5.74, 6) is 1.42. The van der Waals surface area contributed by atoms with Crippen molar-refractivity contribution in [2.75, 3.05) is 18.8 Å². The van der Waals surface area contributed by atoms with Gasteiger partial charge in [0.25, 0.3) is 0 Å². The van der Waals surface area contributed by atoms with Gasteiger partial charge in [-0.3, -0.25) is 4.90 Å². The quantitative estimate of drug-likeness (QED) is 0.834. The topological polar surface area (TPSA) is 29.3 Å². The van der Waals surface area contributed by atoms with E-state index in [9.17, 15) is 4.39 Å². The first-order chi connectivity index (χ1) is 8.56. The van der Waals surface area contributed by atoms with Crippen LogP contribution in [0.15, 0.2) is 18.2 Å². The third-order valence-electron chi connectivity index (χ3n) is 4.05. The molecule has 3 heteroatoms. The molecule has 0 saturated carbocycles. The third-order valence-corrected chi connectivity index (χ3v) is 4.05. The molecule has 0 amide bonds. The van der Waals surface area contributed by atoms with E-state index >= 15 is 0 Å². The SMILES string of the molecule is CC(C)C1CCN(Cc2ccc(N)cc2F)CC1. The fraction of sp³-hybridized carbons (Fsp3) is 0.600. The molecule has 100 valence electrons. The highest BCUT2D eigenvalue weighted by Gasteiger charge is 2.21. The minimum Gasteiger partial charge on any atom is -0.399 e. The Kier molecular flexibility index (Phi) is 4.23. The molecular formula is C15H23FN2. The van der Waals surface area contributed by atoms with Gasteiger partial charge in [-0.05, 0) is 49.9 Å². The van der Waals surface area contributed by atoms with E-state index in [2.05, 4.69) is 18.7 Å². The molecule has 1 heterocycles. The number of nitrogen functional groups attached to an aromatic ring is 1. The maximum Gasteiger partial charge on any atom is 0.129 e. The molecule has 0 aromatic heterocycles. The average molecular weight is 250 g/mol. The van der Waals surface area contributed by atoms with Gasteiger partial charge < -0.3 is 5.73 Å². The van der Waals surface area contributed by atoms with E-state index < -0.39 is 0 Å². The highest BCUT2D eigenvalue weighted by atomic mass is 19.1. The molecule has 2 rings (SSSR count). The van der Waals surface area contributed by atoms with Gasteiger partial charge in [-0.1, -0.05) is 19.9 Å². The molecule has 1 aromatic carbocycles. The average Bonchev–Trinajstić information content (AvgIpc) is 2.33. The van der Waals surface area contributed by atoms with Crippen molar-refractivity contribution in [3.63, 3.8) is 0 Å². The standard InChI is InChI=1S/C15H23FN2/c1-11(2)12-5-7-18(8-6-12)10-13-3-4-14(17)9-15(13)16/h3-4,9,11-12H,5-8,10,17H2,1-2H3. The Morgan fingerprint density at radius 3 is 2.56 bits per heavy atom. The Balaban J connectivity index is 1.91. The molecule has 1 fully saturated rings. The summed E-state index contributed by atoms with van der Waals surface area (Å²) in [4.78, 5) is 2.34. The molecule has 1 saturated heterocycles. The van der Waals surface area contributed by atoms with Gasteiger partial charge in [0.15, 0.2) is 0 Å². The van der Waals surface area contributed by atoms with Gasteiger partial charge in [0.05, 0.1) is 0 Å². The second kappa shape index (κ2) is 5.70. The zero-order valence-corrected chi connectivity index (χ0v) is 11.3. The van der Waals surface area contributed by atoms with E-state index in [0.717, 1.165) is 30.5 Å². The number of nitrogens with zero attached hydrogens (tertiary/aromatic N) is 1. The van der Waals surface area contributed by atoms with Crippen LogP contribution in [0.5, 0.6) is 0 Å². The Bertz CT molecular complexity index is 395. The van der Waals surface area contributed by atoms with E-state index in [0.29, 0.717) is 12.2 Å². The summed E-state index contributed by atoms with van der Waals surface area (Å²) in [6.07, 6.45) is 2.46. The van der Waals surface area contributed by atoms with Gasteiger partial charge >= 0.3 is 0 Å². The predicted octanol–water partition coefficient (Wildman–Crippen LogP) is 3.28. The van der Waals surface area contributed by atoms with E-state index in [1.807, 2.05) is 0 Å². The van der Waals surface area contributed by atoms with Crippen LogP contribution < -0.4 is 5.73 Å². The Hall–Kier alpha value is -1.09.